The maximum atomic E-state index is 12.3. The van der Waals surface area contributed by atoms with Gasteiger partial charge in [-0.3, -0.25) is 14.9 Å². The second-order valence-electron chi connectivity index (χ2n) is 5.23. The van der Waals surface area contributed by atoms with E-state index in [0.29, 0.717) is 18.1 Å². The lowest BCUT2D eigenvalue weighted by Gasteiger charge is -2.10. The van der Waals surface area contributed by atoms with Crippen molar-refractivity contribution in [2.75, 3.05) is 13.7 Å². The molecule has 0 unspecified atom stereocenters. The van der Waals surface area contributed by atoms with Crippen molar-refractivity contribution in [2.45, 2.75) is 13.3 Å². The Hall–Kier alpha value is -3.15. The molecule has 0 atom stereocenters. The molecule has 0 fully saturated rings. The summed E-state index contributed by atoms with van der Waals surface area (Å²) in [6.45, 7) is 2.60. The van der Waals surface area contributed by atoms with E-state index in [4.69, 9.17) is 9.47 Å². The fraction of sp³-hybridized carbons (Fsp3) is 0.211. The number of ketones is 1. The van der Waals surface area contributed by atoms with E-state index in [1.807, 2.05) is 6.92 Å². The van der Waals surface area contributed by atoms with Crippen molar-refractivity contribution in [3.05, 3.63) is 69.8 Å². The van der Waals surface area contributed by atoms with Gasteiger partial charge in [0.15, 0.2) is 17.3 Å². The number of methoxy groups -OCH3 is 1. The maximum Gasteiger partial charge on any atom is 0.280 e. The predicted molar refractivity (Wildman–Crippen MR) is 95.2 cm³/mol. The normalized spacial score (nSPS) is 10.6. The molecule has 0 saturated heterocycles. The lowest BCUT2D eigenvalue weighted by Crippen LogP contribution is -2.00. The highest BCUT2D eigenvalue weighted by Crippen LogP contribution is 2.29. The first-order valence-electron chi connectivity index (χ1n) is 7.83. The zero-order chi connectivity index (χ0) is 18.2. The summed E-state index contributed by atoms with van der Waals surface area (Å²) in [5, 5.41) is 11.0. The molecule has 0 N–H and O–H groups in total. The Balaban J connectivity index is 2.21. The first-order chi connectivity index (χ1) is 12.1. The Morgan fingerprint density at radius 2 is 1.96 bits per heavy atom. The second-order valence-corrected chi connectivity index (χ2v) is 5.23. The first-order valence-corrected chi connectivity index (χ1v) is 7.83. The molecule has 2 aromatic carbocycles. The maximum absolute atomic E-state index is 12.3. The van der Waals surface area contributed by atoms with Crippen molar-refractivity contribution < 1.29 is 19.2 Å². The molecule has 0 bridgehead atoms. The average Bonchev–Trinajstić information content (AvgIpc) is 2.64. The molecule has 0 spiro atoms. The molecule has 0 heterocycles. The molecule has 2 rings (SSSR count). The Bertz CT molecular complexity index is 798. The van der Waals surface area contributed by atoms with E-state index in [1.165, 1.54) is 24.3 Å². The molecule has 0 aliphatic carbocycles. The Morgan fingerprint density at radius 3 is 2.64 bits per heavy atom. The van der Waals surface area contributed by atoms with Gasteiger partial charge in [0.25, 0.3) is 5.69 Å². The number of allylic oxidation sites excluding steroid dienone is 1. The van der Waals surface area contributed by atoms with Gasteiger partial charge in [0.1, 0.15) is 0 Å². The SMILES string of the molecule is CCCOc1ccc(/C=C/C(=O)c2ccccc2[N+](=O)[O-])cc1OC. The summed E-state index contributed by atoms with van der Waals surface area (Å²) in [5.41, 5.74) is 0.573. The quantitative estimate of drug-likeness (QED) is 0.310. The number of nitro groups is 1. The average molecular weight is 341 g/mol. The zero-order valence-corrected chi connectivity index (χ0v) is 14.1. The summed E-state index contributed by atoms with van der Waals surface area (Å²) in [5.74, 6) is 0.762. The molecule has 0 aliphatic rings. The topological polar surface area (TPSA) is 78.7 Å². The van der Waals surface area contributed by atoms with Crippen molar-refractivity contribution in [1.82, 2.24) is 0 Å². The van der Waals surface area contributed by atoms with E-state index < -0.39 is 10.7 Å². The molecule has 0 saturated carbocycles. The summed E-state index contributed by atoms with van der Waals surface area (Å²) >= 11 is 0. The Labute approximate surface area is 145 Å². The van der Waals surface area contributed by atoms with Gasteiger partial charge in [0.2, 0.25) is 0 Å². The minimum absolute atomic E-state index is 0.0543. The van der Waals surface area contributed by atoms with Crippen LogP contribution in [-0.2, 0) is 0 Å². The molecule has 6 heteroatoms. The summed E-state index contributed by atoms with van der Waals surface area (Å²) in [4.78, 5) is 22.7. The van der Waals surface area contributed by atoms with Crippen molar-refractivity contribution >= 4 is 17.5 Å². The van der Waals surface area contributed by atoms with Crippen molar-refractivity contribution in [2.24, 2.45) is 0 Å². The van der Waals surface area contributed by atoms with Crippen molar-refractivity contribution in [3.8, 4) is 11.5 Å². The van der Waals surface area contributed by atoms with Crippen LogP contribution in [0.3, 0.4) is 0 Å². The number of carbonyl (C=O) groups is 1. The standard InChI is InChI=1S/C19H19NO5/c1-3-12-25-18-11-9-14(13-19(18)24-2)8-10-17(21)15-6-4-5-7-16(15)20(22)23/h4-11,13H,3,12H2,1-2H3/b10-8+. The lowest BCUT2D eigenvalue weighted by molar-refractivity contribution is -0.385. The van der Waals surface area contributed by atoms with E-state index in [-0.39, 0.29) is 11.3 Å². The number of carbonyl (C=O) groups excluding carboxylic acids is 1. The van der Waals surface area contributed by atoms with Gasteiger partial charge in [0.05, 0.1) is 24.2 Å². The predicted octanol–water partition coefficient (Wildman–Crippen LogP) is 4.29. The van der Waals surface area contributed by atoms with E-state index in [1.54, 1.807) is 37.5 Å². The molecule has 0 radical (unpaired) electrons. The number of rotatable bonds is 8. The van der Waals surface area contributed by atoms with Crippen LogP contribution in [0.2, 0.25) is 0 Å². The van der Waals surface area contributed by atoms with E-state index in [0.717, 1.165) is 12.0 Å². The number of nitro benzene ring substituents is 1. The lowest BCUT2D eigenvalue weighted by atomic mass is 10.1. The third kappa shape index (κ3) is 4.67. The Morgan fingerprint density at radius 1 is 1.20 bits per heavy atom. The minimum Gasteiger partial charge on any atom is -0.493 e. The van der Waals surface area contributed by atoms with Gasteiger partial charge in [-0.25, -0.2) is 0 Å². The van der Waals surface area contributed by atoms with Crippen LogP contribution in [0.5, 0.6) is 11.5 Å². The number of nitrogens with zero attached hydrogens (tertiary/aromatic N) is 1. The van der Waals surface area contributed by atoms with Gasteiger partial charge < -0.3 is 9.47 Å². The van der Waals surface area contributed by atoms with Gasteiger partial charge in [0, 0.05) is 6.07 Å². The number of hydrogen-bond donors (Lipinski definition) is 0. The van der Waals surface area contributed by atoms with Crippen molar-refractivity contribution in [1.29, 1.82) is 0 Å². The van der Waals surface area contributed by atoms with Crippen molar-refractivity contribution in [3.63, 3.8) is 0 Å². The largest absolute Gasteiger partial charge is 0.493 e. The molecule has 2 aromatic rings. The summed E-state index contributed by atoms with van der Waals surface area (Å²) in [7, 11) is 1.54. The Kier molecular flexibility index (Phi) is 6.28. The highest BCUT2D eigenvalue weighted by Gasteiger charge is 2.17. The van der Waals surface area contributed by atoms with Gasteiger partial charge in [-0.1, -0.05) is 31.2 Å². The van der Waals surface area contributed by atoms with E-state index in [9.17, 15) is 14.9 Å². The highest BCUT2D eigenvalue weighted by molar-refractivity contribution is 6.09. The highest BCUT2D eigenvalue weighted by atomic mass is 16.6. The monoisotopic (exact) mass is 341 g/mol. The fourth-order valence-corrected chi connectivity index (χ4v) is 2.22. The first kappa shape index (κ1) is 18.2. The van der Waals surface area contributed by atoms with E-state index >= 15 is 0 Å². The summed E-state index contributed by atoms with van der Waals surface area (Å²) in [6.07, 6.45) is 3.78. The van der Waals surface area contributed by atoms with Crippen LogP contribution in [0, 0.1) is 10.1 Å². The third-order valence-corrected chi connectivity index (χ3v) is 3.44. The van der Waals surface area contributed by atoms with E-state index in [2.05, 4.69) is 0 Å². The van der Waals surface area contributed by atoms with Crippen LogP contribution in [0.25, 0.3) is 6.08 Å². The smallest absolute Gasteiger partial charge is 0.280 e. The molecule has 130 valence electrons. The summed E-state index contributed by atoms with van der Waals surface area (Å²) < 4.78 is 10.9. The van der Waals surface area contributed by atoms with Gasteiger partial charge in [-0.05, 0) is 36.3 Å². The number of para-hydroxylation sites is 1. The van der Waals surface area contributed by atoms with Crippen LogP contribution >= 0.6 is 0 Å². The fourth-order valence-electron chi connectivity index (χ4n) is 2.22. The second kappa shape index (κ2) is 8.63. The summed E-state index contributed by atoms with van der Waals surface area (Å²) in [6, 6.07) is 11.2. The molecular weight excluding hydrogens is 322 g/mol. The molecule has 0 amide bonds. The number of benzene rings is 2. The van der Waals surface area contributed by atoms with Gasteiger partial charge >= 0.3 is 0 Å². The van der Waals surface area contributed by atoms with Crippen LogP contribution < -0.4 is 9.47 Å². The molecule has 6 nitrogen and oxygen atoms in total. The molecule has 0 aromatic heterocycles. The van der Waals surface area contributed by atoms with Crippen LogP contribution in [0.4, 0.5) is 5.69 Å². The zero-order valence-electron chi connectivity index (χ0n) is 14.1. The van der Waals surface area contributed by atoms with Gasteiger partial charge in [-0.2, -0.15) is 0 Å². The van der Waals surface area contributed by atoms with Crippen LogP contribution in [0.15, 0.2) is 48.5 Å². The third-order valence-electron chi connectivity index (χ3n) is 3.44. The number of hydrogen-bond acceptors (Lipinski definition) is 5. The van der Waals surface area contributed by atoms with Crippen LogP contribution in [-0.4, -0.2) is 24.4 Å². The number of ether oxygens (including phenoxy) is 2. The van der Waals surface area contributed by atoms with Crippen LogP contribution in [0.1, 0.15) is 29.3 Å². The molecule has 0 aliphatic heterocycles. The molecule has 25 heavy (non-hydrogen) atoms. The van der Waals surface area contributed by atoms with Gasteiger partial charge in [-0.15, -0.1) is 0 Å². The molecular formula is C19H19NO5. The minimum atomic E-state index is -0.566.